The van der Waals surface area contributed by atoms with Crippen molar-refractivity contribution in [2.45, 2.75) is 32.9 Å². The topological polar surface area (TPSA) is 42.2 Å². The van der Waals surface area contributed by atoms with Gasteiger partial charge >= 0.3 is 0 Å². The molecular formula is C17H25Cl2N3. The van der Waals surface area contributed by atoms with Crippen molar-refractivity contribution in [1.29, 1.82) is 0 Å². The summed E-state index contributed by atoms with van der Waals surface area (Å²) in [4.78, 5) is 7.24. The summed E-state index contributed by atoms with van der Waals surface area (Å²) in [6, 6.07) is 12.9. The van der Waals surface area contributed by atoms with Crippen LogP contribution >= 0.6 is 24.8 Å². The second kappa shape index (κ2) is 7.60. The van der Waals surface area contributed by atoms with Crippen molar-refractivity contribution in [3.63, 3.8) is 0 Å². The van der Waals surface area contributed by atoms with Crippen LogP contribution < -0.4 is 5.73 Å². The van der Waals surface area contributed by atoms with Gasteiger partial charge in [0.15, 0.2) is 0 Å². The van der Waals surface area contributed by atoms with Gasteiger partial charge in [-0.15, -0.1) is 24.8 Å². The average Bonchev–Trinajstić information content (AvgIpc) is 2.42. The minimum atomic E-state index is 0. The van der Waals surface area contributed by atoms with Crippen LogP contribution in [0.2, 0.25) is 0 Å². The largest absolute Gasteiger partial charge is 0.327 e. The van der Waals surface area contributed by atoms with E-state index in [1.165, 1.54) is 5.39 Å². The maximum absolute atomic E-state index is 6.20. The number of para-hydroxylation sites is 1. The maximum atomic E-state index is 6.20. The number of hydrogen-bond donors (Lipinski definition) is 1. The Morgan fingerprint density at radius 3 is 2.64 bits per heavy atom. The van der Waals surface area contributed by atoms with Crippen LogP contribution in [0.5, 0.6) is 0 Å². The lowest BCUT2D eigenvalue weighted by Gasteiger charge is -2.42. The van der Waals surface area contributed by atoms with E-state index in [2.05, 4.69) is 49.1 Å². The Kier molecular flexibility index (Phi) is 6.63. The predicted molar refractivity (Wildman–Crippen MR) is 97.9 cm³/mol. The van der Waals surface area contributed by atoms with E-state index in [4.69, 9.17) is 10.7 Å². The number of nitrogens with two attached hydrogens (primary N) is 1. The summed E-state index contributed by atoms with van der Waals surface area (Å²) in [7, 11) is 0. The Balaban J connectivity index is 0.00000121. The molecule has 2 N–H and O–H groups in total. The van der Waals surface area contributed by atoms with E-state index in [1.807, 2.05) is 6.07 Å². The molecule has 1 unspecified atom stereocenters. The number of benzene rings is 1. The molecule has 1 aromatic carbocycles. The lowest BCUT2D eigenvalue weighted by molar-refractivity contribution is 0.0890. The van der Waals surface area contributed by atoms with Crippen molar-refractivity contribution < 1.29 is 0 Å². The molecule has 1 saturated heterocycles. The first-order valence-electron chi connectivity index (χ1n) is 7.37. The first kappa shape index (κ1) is 19.2. The number of likely N-dealkylation sites (tertiary alicyclic amines) is 1. The monoisotopic (exact) mass is 341 g/mol. The molecule has 0 spiro atoms. The van der Waals surface area contributed by atoms with E-state index < -0.39 is 0 Å². The molecule has 0 radical (unpaired) electrons. The number of fused-ring (bicyclic) bond motifs is 1. The molecule has 0 saturated carbocycles. The summed E-state index contributed by atoms with van der Waals surface area (Å²) in [6.45, 7) is 7.55. The van der Waals surface area contributed by atoms with Crippen molar-refractivity contribution in [2.24, 2.45) is 11.1 Å². The highest BCUT2D eigenvalue weighted by molar-refractivity contribution is 5.85. The first-order chi connectivity index (χ1) is 9.54. The molecule has 5 heteroatoms. The molecule has 2 aromatic rings. The van der Waals surface area contributed by atoms with Gasteiger partial charge < -0.3 is 5.73 Å². The molecule has 1 aliphatic heterocycles. The van der Waals surface area contributed by atoms with Crippen molar-refractivity contribution in [2.75, 3.05) is 13.1 Å². The van der Waals surface area contributed by atoms with Gasteiger partial charge in [0.25, 0.3) is 0 Å². The van der Waals surface area contributed by atoms with Gasteiger partial charge in [0, 0.05) is 31.1 Å². The van der Waals surface area contributed by atoms with Crippen molar-refractivity contribution in [3.05, 3.63) is 42.1 Å². The van der Waals surface area contributed by atoms with Crippen LogP contribution in [0.1, 0.15) is 26.0 Å². The molecule has 0 aliphatic carbocycles. The number of hydrogen-bond acceptors (Lipinski definition) is 3. The summed E-state index contributed by atoms with van der Waals surface area (Å²) in [6.07, 6.45) is 1.07. The fraction of sp³-hybridized carbons (Fsp3) is 0.471. The molecular weight excluding hydrogens is 317 g/mol. The molecule has 1 atom stereocenters. The Bertz CT molecular complexity index is 616. The lowest BCUT2D eigenvalue weighted by atomic mass is 9.79. The maximum Gasteiger partial charge on any atom is 0.0705 e. The van der Waals surface area contributed by atoms with Crippen molar-refractivity contribution >= 4 is 35.7 Å². The third-order valence-corrected chi connectivity index (χ3v) is 4.43. The number of pyridine rings is 1. The minimum absolute atomic E-state index is 0. The molecule has 3 nitrogen and oxygen atoms in total. The molecule has 1 aliphatic rings. The molecule has 0 amide bonds. The van der Waals surface area contributed by atoms with Gasteiger partial charge in [-0.25, -0.2) is 0 Å². The zero-order valence-electron chi connectivity index (χ0n) is 13.2. The van der Waals surface area contributed by atoms with Crippen LogP contribution in [-0.2, 0) is 6.54 Å². The summed E-state index contributed by atoms with van der Waals surface area (Å²) < 4.78 is 0. The van der Waals surface area contributed by atoms with Crippen LogP contribution in [-0.4, -0.2) is 29.0 Å². The highest BCUT2D eigenvalue weighted by Gasteiger charge is 2.33. The third kappa shape index (κ3) is 4.11. The van der Waals surface area contributed by atoms with E-state index in [-0.39, 0.29) is 30.2 Å². The molecule has 3 rings (SSSR count). The number of piperidine rings is 1. The zero-order valence-corrected chi connectivity index (χ0v) is 14.8. The normalized spacial score (nSPS) is 21.0. The van der Waals surface area contributed by atoms with Gasteiger partial charge in [-0.1, -0.05) is 38.1 Å². The van der Waals surface area contributed by atoms with Gasteiger partial charge in [0.05, 0.1) is 11.2 Å². The lowest BCUT2D eigenvalue weighted by Crippen LogP contribution is -2.52. The Labute approximate surface area is 145 Å². The number of nitrogens with zero attached hydrogens (tertiary/aromatic N) is 2. The van der Waals surface area contributed by atoms with Gasteiger partial charge in [0.2, 0.25) is 0 Å². The van der Waals surface area contributed by atoms with Gasteiger partial charge in [-0.3, -0.25) is 9.88 Å². The summed E-state index contributed by atoms with van der Waals surface area (Å²) >= 11 is 0. The van der Waals surface area contributed by atoms with Crippen molar-refractivity contribution in [3.8, 4) is 0 Å². The third-order valence-electron chi connectivity index (χ3n) is 4.43. The molecule has 1 fully saturated rings. The average molecular weight is 342 g/mol. The Morgan fingerprint density at radius 2 is 1.91 bits per heavy atom. The van der Waals surface area contributed by atoms with E-state index in [0.29, 0.717) is 6.04 Å². The Hall–Kier alpha value is -0.870. The number of aromatic nitrogens is 1. The number of rotatable bonds is 2. The van der Waals surface area contributed by atoms with Crippen LogP contribution in [0.4, 0.5) is 0 Å². The second-order valence-corrected chi connectivity index (χ2v) is 6.59. The number of halogens is 2. The molecule has 1 aromatic heterocycles. The van der Waals surface area contributed by atoms with Crippen LogP contribution in [0.25, 0.3) is 10.9 Å². The van der Waals surface area contributed by atoms with E-state index >= 15 is 0 Å². The molecule has 122 valence electrons. The predicted octanol–water partition coefficient (Wildman–Crippen LogP) is 3.64. The summed E-state index contributed by atoms with van der Waals surface area (Å²) in [5.41, 5.74) is 8.62. The SMILES string of the molecule is CC1(C)CN(Cc2ccc3ccccc3n2)CCC1N.Cl.Cl. The zero-order chi connectivity index (χ0) is 14.2. The molecule has 2 heterocycles. The molecule has 0 bridgehead atoms. The van der Waals surface area contributed by atoms with Gasteiger partial charge in [0.1, 0.15) is 0 Å². The van der Waals surface area contributed by atoms with E-state index in [0.717, 1.165) is 37.3 Å². The quantitative estimate of drug-likeness (QED) is 0.906. The van der Waals surface area contributed by atoms with Crippen LogP contribution in [0.3, 0.4) is 0 Å². The summed E-state index contributed by atoms with van der Waals surface area (Å²) in [5, 5.41) is 1.21. The smallest absolute Gasteiger partial charge is 0.0705 e. The standard InChI is InChI=1S/C17H23N3.2ClH/c1-17(2)12-20(10-9-16(17)18)11-14-8-7-13-5-3-4-6-15(13)19-14;;/h3-8,16H,9-12,18H2,1-2H3;2*1H. The summed E-state index contributed by atoms with van der Waals surface area (Å²) in [5.74, 6) is 0. The fourth-order valence-corrected chi connectivity index (χ4v) is 3.05. The minimum Gasteiger partial charge on any atom is -0.327 e. The molecule has 22 heavy (non-hydrogen) atoms. The van der Waals surface area contributed by atoms with E-state index in [1.54, 1.807) is 0 Å². The van der Waals surface area contributed by atoms with E-state index in [9.17, 15) is 0 Å². The Morgan fingerprint density at radius 1 is 1.18 bits per heavy atom. The van der Waals surface area contributed by atoms with Gasteiger partial charge in [-0.05, 0) is 24.0 Å². The van der Waals surface area contributed by atoms with Gasteiger partial charge in [-0.2, -0.15) is 0 Å². The highest BCUT2D eigenvalue weighted by atomic mass is 35.5. The fourth-order valence-electron chi connectivity index (χ4n) is 3.05. The first-order valence-corrected chi connectivity index (χ1v) is 7.37. The van der Waals surface area contributed by atoms with Crippen LogP contribution in [0, 0.1) is 5.41 Å². The highest BCUT2D eigenvalue weighted by Crippen LogP contribution is 2.28. The van der Waals surface area contributed by atoms with Crippen molar-refractivity contribution in [1.82, 2.24) is 9.88 Å². The second-order valence-electron chi connectivity index (χ2n) is 6.59. The van der Waals surface area contributed by atoms with Crippen LogP contribution in [0.15, 0.2) is 36.4 Å².